The average molecular weight is 240 g/mol. The molecule has 0 aromatic heterocycles. The van der Waals surface area contributed by atoms with Crippen LogP contribution < -0.4 is 10.6 Å². The van der Waals surface area contributed by atoms with Crippen LogP contribution in [0.15, 0.2) is 0 Å². The van der Waals surface area contributed by atoms with Gasteiger partial charge in [-0.1, -0.05) is 12.8 Å². The van der Waals surface area contributed by atoms with Gasteiger partial charge in [0.25, 0.3) is 0 Å². The van der Waals surface area contributed by atoms with Gasteiger partial charge in [-0.2, -0.15) is 0 Å². The monoisotopic (exact) mass is 240 g/mol. The molecule has 2 atom stereocenters. The SMILES string of the molecule is CC(NCC(=O)NC1CCCC1)C1CCCO1. The number of carbonyl (C=O) groups excluding carboxylic acids is 1. The van der Waals surface area contributed by atoms with Gasteiger partial charge in [0.15, 0.2) is 0 Å². The third-order valence-corrected chi connectivity index (χ3v) is 3.83. The van der Waals surface area contributed by atoms with Crippen LogP contribution in [0.25, 0.3) is 0 Å². The number of rotatable bonds is 5. The Labute approximate surface area is 103 Å². The Morgan fingerprint density at radius 3 is 2.71 bits per heavy atom. The number of carbonyl (C=O) groups is 1. The first-order valence-electron chi connectivity index (χ1n) is 6.90. The molecule has 0 aromatic rings. The van der Waals surface area contributed by atoms with Crippen LogP contribution >= 0.6 is 0 Å². The van der Waals surface area contributed by atoms with Crippen molar-refractivity contribution < 1.29 is 9.53 Å². The van der Waals surface area contributed by atoms with Crippen molar-refractivity contribution in [3.8, 4) is 0 Å². The lowest BCUT2D eigenvalue weighted by atomic mass is 10.1. The molecule has 17 heavy (non-hydrogen) atoms. The van der Waals surface area contributed by atoms with E-state index in [1.165, 1.54) is 12.8 Å². The highest BCUT2D eigenvalue weighted by molar-refractivity contribution is 5.78. The topological polar surface area (TPSA) is 50.4 Å². The number of amides is 1. The third-order valence-electron chi connectivity index (χ3n) is 3.83. The zero-order valence-corrected chi connectivity index (χ0v) is 10.7. The summed E-state index contributed by atoms with van der Waals surface area (Å²) in [5, 5.41) is 6.34. The molecule has 1 saturated carbocycles. The maximum atomic E-state index is 11.7. The highest BCUT2D eigenvalue weighted by atomic mass is 16.5. The molecule has 1 saturated heterocycles. The van der Waals surface area contributed by atoms with Crippen molar-refractivity contribution in [2.75, 3.05) is 13.2 Å². The first-order chi connectivity index (χ1) is 8.25. The molecule has 0 bridgehead atoms. The first-order valence-corrected chi connectivity index (χ1v) is 6.90. The van der Waals surface area contributed by atoms with Gasteiger partial charge in [-0.3, -0.25) is 4.79 Å². The zero-order valence-electron chi connectivity index (χ0n) is 10.7. The van der Waals surface area contributed by atoms with Gasteiger partial charge in [0.1, 0.15) is 0 Å². The van der Waals surface area contributed by atoms with Crippen LogP contribution in [-0.2, 0) is 9.53 Å². The van der Waals surface area contributed by atoms with Crippen LogP contribution in [0.4, 0.5) is 0 Å². The number of nitrogens with one attached hydrogen (secondary N) is 2. The Morgan fingerprint density at radius 2 is 2.06 bits per heavy atom. The predicted molar refractivity (Wildman–Crippen MR) is 66.8 cm³/mol. The smallest absolute Gasteiger partial charge is 0.234 e. The van der Waals surface area contributed by atoms with Gasteiger partial charge in [0, 0.05) is 18.7 Å². The first kappa shape index (κ1) is 12.8. The maximum Gasteiger partial charge on any atom is 0.234 e. The minimum absolute atomic E-state index is 0.127. The van der Waals surface area contributed by atoms with Crippen LogP contribution in [0, 0.1) is 0 Å². The van der Waals surface area contributed by atoms with Crippen molar-refractivity contribution in [2.45, 2.75) is 63.6 Å². The van der Waals surface area contributed by atoms with Gasteiger partial charge in [-0.15, -0.1) is 0 Å². The highest BCUT2D eigenvalue weighted by Crippen LogP contribution is 2.17. The minimum atomic E-state index is 0.127. The van der Waals surface area contributed by atoms with E-state index >= 15 is 0 Å². The van der Waals surface area contributed by atoms with Crippen molar-refractivity contribution in [3.63, 3.8) is 0 Å². The summed E-state index contributed by atoms with van der Waals surface area (Å²) >= 11 is 0. The van der Waals surface area contributed by atoms with E-state index in [4.69, 9.17) is 4.74 Å². The molecule has 1 aliphatic heterocycles. The van der Waals surface area contributed by atoms with E-state index < -0.39 is 0 Å². The van der Waals surface area contributed by atoms with Crippen LogP contribution in [-0.4, -0.2) is 37.2 Å². The molecule has 2 aliphatic rings. The lowest BCUT2D eigenvalue weighted by Crippen LogP contribution is -2.45. The number of hydrogen-bond acceptors (Lipinski definition) is 3. The Balaban J connectivity index is 1.61. The molecule has 0 radical (unpaired) electrons. The fourth-order valence-corrected chi connectivity index (χ4v) is 2.73. The Morgan fingerprint density at radius 1 is 1.29 bits per heavy atom. The Hall–Kier alpha value is -0.610. The summed E-state index contributed by atoms with van der Waals surface area (Å²) in [5.41, 5.74) is 0. The fraction of sp³-hybridized carbons (Fsp3) is 0.923. The van der Waals surface area contributed by atoms with Crippen LogP contribution in [0.3, 0.4) is 0 Å². The van der Waals surface area contributed by atoms with Crippen LogP contribution in [0.1, 0.15) is 45.4 Å². The Kier molecular flexibility index (Phi) is 4.80. The summed E-state index contributed by atoms with van der Waals surface area (Å²) in [4.78, 5) is 11.7. The van der Waals surface area contributed by atoms with Gasteiger partial charge in [0.05, 0.1) is 12.6 Å². The number of ether oxygens (including phenoxy) is 1. The predicted octanol–water partition coefficient (Wildman–Crippen LogP) is 1.20. The second-order valence-electron chi connectivity index (χ2n) is 5.27. The average Bonchev–Trinajstić information content (AvgIpc) is 2.97. The summed E-state index contributed by atoms with van der Waals surface area (Å²) < 4.78 is 5.59. The molecule has 2 rings (SSSR count). The Bertz CT molecular complexity index is 246. The molecule has 4 nitrogen and oxygen atoms in total. The van der Waals surface area contributed by atoms with Crippen molar-refractivity contribution in [2.24, 2.45) is 0 Å². The van der Waals surface area contributed by atoms with Crippen LogP contribution in [0.5, 0.6) is 0 Å². The van der Waals surface area contributed by atoms with E-state index in [0.29, 0.717) is 12.6 Å². The fourth-order valence-electron chi connectivity index (χ4n) is 2.73. The van der Waals surface area contributed by atoms with Crippen molar-refractivity contribution in [1.82, 2.24) is 10.6 Å². The third kappa shape index (κ3) is 3.96. The molecule has 2 N–H and O–H groups in total. The van der Waals surface area contributed by atoms with E-state index in [-0.39, 0.29) is 18.1 Å². The van der Waals surface area contributed by atoms with E-state index in [1.54, 1.807) is 0 Å². The van der Waals surface area contributed by atoms with Gasteiger partial charge in [-0.05, 0) is 32.6 Å². The molecule has 2 fully saturated rings. The summed E-state index contributed by atoms with van der Waals surface area (Å²) in [7, 11) is 0. The van der Waals surface area contributed by atoms with Gasteiger partial charge >= 0.3 is 0 Å². The second kappa shape index (κ2) is 6.36. The molecule has 4 heteroatoms. The lowest BCUT2D eigenvalue weighted by molar-refractivity contribution is -0.121. The summed E-state index contributed by atoms with van der Waals surface area (Å²) in [5.74, 6) is 0.127. The quantitative estimate of drug-likeness (QED) is 0.759. The summed E-state index contributed by atoms with van der Waals surface area (Å²) in [6.07, 6.45) is 7.34. The van der Waals surface area contributed by atoms with Crippen molar-refractivity contribution in [3.05, 3.63) is 0 Å². The minimum Gasteiger partial charge on any atom is -0.377 e. The van der Waals surface area contributed by atoms with Gasteiger partial charge in [-0.25, -0.2) is 0 Å². The maximum absolute atomic E-state index is 11.7. The molecular formula is C13H24N2O2. The highest BCUT2D eigenvalue weighted by Gasteiger charge is 2.23. The van der Waals surface area contributed by atoms with Crippen molar-refractivity contribution in [1.29, 1.82) is 0 Å². The molecule has 0 spiro atoms. The van der Waals surface area contributed by atoms with Crippen molar-refractivity contribution >= 4 is 5.91 Å². The summed E-state index contributed by atoms with van der Waals surface area (Å²) in [6.45, 7) is 3.38. The molecule has 1 aliphatic carbocycles. The normalized spacial score (nSPS) is 27.2. The molecule has 2 unspecified atom stereocenters. The zero-order chi connectivity index (χ0) is 12.1. The molecule has 1 amide bonds. The molecule has 98 valence electrons. The number of hydrogen-bond donors (Lipinski definition) is 2. The largest absolute Gasteiger partial charge is 0.377 e. The van der Waals surface area contributed by atoms with Crippen LogP contribution in [0.2, 0.25) is 0 Å². The second-order valence-corrected chi connectivity index (χ2v) is 5.27. The standard InChI is InChI=1S/C13H24N2O2/c1-10(12-7-4-8-17-12)14-9-13(16)15-11-5-2-3-6-11/h10-12,14H,2-9H2,1H3,(H,15,16). The molecule has 0 aromatic carbocycles. The van der Waals surface area contributed by atoms with E-state index in [0.717, 1.165) is 32.3 Å². The molecular weight excluding hydrogens is 216 g/mol. The van der Waals surface area contributed by atoms with E-state index in [1.807, 2.05) is 0 Å². The van der Waals surface area contributed by atoms with E-state index in [9.17, 15) is 4.79 Å². The van der Waals surface area contributed by atoms with Gasteiger partial charge < -0.3 is 15.4 Å². The summed E-state index contributed by atoms with van der Waals surface area (Å²) in [6, 6.07) is 0.689. The van der Waals surface area contributed by atoms with E-state index in [2.05, 4.69) is 17.6 Å². The molecule has 1 heterocycles. The lowest BCUT2D eigenvalue weighted by Gasteiger charge is -2.20. The van der Waals surface area contributed by atoms with Gasteiger partial charge in [0.2, 0.25) is 5.91 Å².